The average Bonchev–Trinajstić information content (AvgIpc) is 2.67. The van der Waals surface area contributed by atoms with Crippen molar-refractivity contribution in [3.8, 4) is 6.07 Å². The van der Waals surface area contributed by atoms with Crippen molar-refractivity contribution < 1.29 is 19.0 Å². The highest BCUT2D eigenvalue weighted by Crippen LogP contribution is 2.55. The van der Waals surface area contributed by atoms with Crippen LogP contribution in [0.4, 0.5) is 15.8 Å². The van der Waals surface area contributed by atoms with E-state index in [9.17, 15) is 19.6 Å². The van der Waals surface area contributed by atoms with Gasteiger partial charge in [-0.25, -0.2) is 9.18 Å². The van der Waals surface area contributed by atoms with E-state index >= 15 is 0 Å². The SMILES string of the molecule is CC1(C)C(O)C(C)(C)C1OC(=O)c1ccc(C#N)cc1Nc1ccc(I)cc1F. The Labute approximate surface area is 183 Å². The maximum Gasteiger partial charge on any atom is 0.340 e. The van der Waals surface area contributed by atoms with Crippen molar-refractivity contribution in [2.45, 2.75) is 39.9 Å². The third-order valence-electron chi connectivity index (χ3n) is 5.55. The van der Waals surface area contributed by atoms with Gasteiger partial charge in [-0.05, 0) is 59.0 Å². The van der Waals surface area contributed by atoms with Crippen LogP contribution in [0, 0.1) is 31.5 Å². The number of rotatable bonds is 4. The van der Waals surface area contributed by atoms with Gasteiger partial charge in [-0.3, -0.25) is 0 Å². The number of nitrogens with zero attached hydrogens (tertiary/aromatic N) is 1. The summed E-state index contributed by atoms with van der Waals surface area (Å²) in [6.45, 7) is 7.39. The van der Waals surface area contributed by atoms with Crippen LogP contribution in [0.1, 0.15) is 43.6 Å². The van der Waals surface area contributed by atoms with Crippen molar-refractivity contribution in [3.05, 3.63) is 56.9 Å². The molecule has 152 valence electrons. The van der Waals surface area contributed by atoms with E-state index in [1.165, 1.54) is 24.3 Å². The van der Waals surface area contributed by atoms with Crippen molar-refractivity contribution in [1.82, 2.24) is 0 Å². The molecule has 3 rings (SSSR count). The van der Waals surface area contributed by atoms with E-state index in [4.69, 9.17) is 4.74 Å². The quantitative estimate of drug-likeness (QED) is 0.449. The number of aliphatic hydroxyl groups excluding tert-OH is 1. The van der Waals surface area contributed by atoms with Gasteiger partial charge in [-0.2, -0.15) is 5.26 Å². The molecule has 2 N–H and O–H groups in total. The molecule has 0 heterocycles. The van der Waals surface area contributed by atoms with Crippen molar-refractivity contribution in [3.63, 3.8) is 0 Å². The first-order valence-electron chi connectivity index (χ1n) is 9.13. The van der Waals surface area contributed by atoms with Gasteiger partial charge in [0.2, 0.25) is 0 Å². The molecule has 2 aromatic carbocycles. The summed E-state index contributed by atoms with van der Waals surface area (Å²) in [7, 11) is 0. The van der Waals surface area contributed by atoms with E-state index < -0.39 is 34.8 Å². The summed E-state index contributed by atoms with van der Waals surface area (Å²) in [4.78, 5) is 13.0. The van der Waals surface area contributed by atoms with Crippen LogP contribution < -0.4 is 5.32 Å². The Hall–Kier alpha value is -2.18. The van der Waals surface area contributed by atoms with Gasteiger partial charge in [-0.1, -0.05) is 27.7 Å². The van der Waals surface area contributed by atoms with E-state index in [0.29, 0.717) is 5.56 Å². The first-order chi connectivity index (χ1) is 13.5. The zero-order chi connectivity index (χ0) is 21.6. The first kappa shape index (κ1) is 21.5. The Bertz CT molecular complexity index is 998. The van der Waals surface area contributed by atoms with Crippen LogP contribution in [0.2, 0.25) is 0 Å². The fraction of sp³-hybridized carbons (Fsp3) is 0.364. The second-order valence-electron chi connectivity index (χ2n) is 8.45. The Morgan fingerprint density at radius 2 is 1.83 bits per heavy atom. The molecule has 0 spiro atoms. The second-order valence-corrected chi connectivity index (χ2v) is 9.70. The predicted molar refractivity (Wildman–Crippen MR) is 116 cm³/mol. The number of hydrogen-bond acceptors (Lipinski definition) is 5. The van der Waals surface area contributed by atoms with Crippen LogP contribution in [-0.2, 0) is 4.74 Å². The summed E-state index contributed by atoms with van der Waals surface area (Å²) < 4.78 is 20.8. The Balaban J connectivity index is 1.93. The molecule has 2 aromatic rings. The number of halogens is 2. The lowest BCUT2D eigenvalue weighted by Crippen LogP contribution is -2.68. The molecule has 0 amide bonds. The average molecular weight is 508 g/mol. The minimum Gasteiger partial charge on any atom is -0.457 e. The Morgan fingerprint density at radius 3 is 2.41 bits per heavy atom. The van der Waals surface area contributed by atoms with Crippen molar-refractivity contribution >= 4 is 39.9 Å². The molecule has 7 heteroatoms. The van der Waals surface area contributed by atoms with Gasteiger partial charge >= 0.3 is 5.97 Å². The molecule has 5 nitrogen and oxygen atoms in total. The van der Waals surface area contributed by atoms with E-state index in [1.807, 2.05) is 56.4 Å². The normalized spacial score (nSPS) is 21.6. The lowest BCUT2D eigenvalue weighted by Gasteiger charge is -2.60. The number of carbonyl (C=O) groups excluding carboxylic acids is 1. The molecule has 1 fully saturated rings. The molecule has 0 atom stereocenters. The smallest absolute Gasteiger partial charge is 0.340 e. The molecule has 1 aliphatic carbocycles. The molecule has 1 aliphatic rings. The number of nitrogens with one attached hydrogen (secondary N) is 1. The standard InChI is InChI=1S/C22H22FIN2O3/c1-21(2)19(28)22(3,4)20(21)29-18(27)14-7-5-12(11-25)9-17(14)26-16-8-6-13(24)10-15(16)23/h5-10,19-20,26,28H,1-4H3. The van der Waals surface area contributed by atoms with Crippen LogP contribution in [0.15, 0.2) is 36.4 Å². The number of benzene rings is 2. The molecule has 29 heavy (non-hydrogen) atoms. The lowest BCUT2D eigenvalue weighted by atomic mass is 9.51. The molecule has 0 aliphatic heterocycles. The fourth-order valence-electron chi connectivity index (χ4n) is 4.21. The third-order valence-corrected chi connectivity index (χ3v) is 6.23. The zero-order valence-electron chi connectivity index (χ0n) is 16.6. The van der Waals surface area contributed by atoms with Crippen LogP contribution in [0.5, 0.6) is 0 Å². The topological polar surface area (TPSA) is 82.3 Å². The second kappa shape index (κ2) is 7.58. The van der Waals surface area contributed by atoms with Crippen LogP contribution in [0.25, 0.3) is 0 Å². The first-order valence-corrected chi connectivity index (χ1v) is 10.2. The number of carbonyl (C=O) groups is 1. The summed E-state index contributed by atoms with van der Waals surface area (Å²) in [6, 6.07) is 11.2. The van der Waals surface area contributed by atoms with Gasteiger partial charge in [0.25, 0.3) is 0 Å². The maximum atomic E-state index is 14.3. The number of nitriles is 1. The lowest BCUT2D eigenvalue weighted by molar-refractivity contribution is -0.246. The highest BCUT2D eigenvalue weighted by atomic mass is 127. The summed E-state index contributed by atoms with van der Waals surface area (Å²) >= 11 is 2.01. The minimum atomic E-state index is -0.604. The Kier molecular flexibility index (Phi) is 5.62. The predicted octanol–water partition coefficient (Wildman–Crippen LogP) is 5.00. The van der Waals surface area contributed by atoms with E-state index in [0.717, 1.165) is 3.57 Å². The molecule has 0 bridgehead atoms. The van der Waals surface area contributed by atoms with E-state index in [-0.39, 0.29) is 16.9 Å². The summed E-state index contributed by atoms with van der Waals surface area (Å²) in [5, 5.41) is 22.5. The molecule has 0 aromatic heterocycles. The number of ether oxygens (including phenoxy) is 1. The largest absolute Gasteiger partial charge is 0.457 e. The number of esters is 1. The van der Waals surface area contributed by atoms with Crippen molar-refractivity contribution in [2.75, 3.05) is 5.32 Å². The monoisotopic (exact) mass is 508 g/mol. The zero-order valence-corrected chi connectivity index (χ0v) is 18.7. The van der Waals surface area contributed by atoms with Gasteiger partial charge < -0.3 is 15.2 Å². The highest BCUT2D eigenvalue weighted by molar-refractivity contribution is 14.1. The van der Waals surface area contributed by atoms with Crippen molar-refractivity contribution in [1.29, 1.82) is 5.26 Å². The van der Waals surface area contributed by atoms with Crippen LogP contribution >= 0.6 is 22.6 Å². The summed E-state index contributed by atoms with van der Waals surface area (Å²) in [5.41, 5.74) is -0.174. The maximum absolute atomic E-state index is 14.3. The van der Waals surface area contributed by atoms with E-state index in [2.05, 4.69) is 5.32 Å². The molecule has 0 radical (unpaired) electrons. The van der Waals surface area contributed by atoms with Crippen molar-refractivity contribution in [2.24, 2.45) is 10.8 Å². The van der Waals surface area contributed by atoms with Gasteiger partial charge in [0, 0.05) is 14.4 Å². The van der Waals surface area contributed by atoms with Gasteiger partial charge in [0.05, 0.1) is 34.7 Å². The molecular weight excluding hydrogens is 486 g/mol. The molecular formula is C22H22FIN2O3. The van der Waals surface area contributed by atoms with Crippen LogP contribution in [-0.4, -0.2) is 23.3 Å². The Morgan fingerprint density at radius 1 is 1.17 bits per heavy atom. The van der Waals surface area contributed by atoms with Gasteiger partial charge in [0.1, 0.15) is 11.9 Å². The highest BCUT2D eigenvalue weighted by Gasteiger charge is 2.63. The number of aliphatic hydroxyl groups is 1. The van der Waals surface area contributed by atoms with E-state index in [1.54, 1.807) is 12.1 Å². The minimum absolute atomic E-state index is 0.189. The van der Waals surface area contributed by atoms with Crippen LogP contribution in [0.3, 0.4) is 0 Å². The summed E-state index contributed by atoms with van der Waals surface area (Å²) in [5.74, 6) is -1.07. The molecule has 0 unspecified atom stereocenters. The molecule has 1 saturated carbocycles. The molecule has 0 saturated heterocycles. The fourth-order valence-corrected chi connectivity index (χ4v) is 4.67. The number of hydrogen-bond donors (Lipinski definition) is 2. The number of anilines is 2. The third kappa shape index (κ3) is 3.83. The van der Waals surface area contributed by atoms with Gasteiger partial charge in [0.15, 0.2) is 0 Å². The van der Waals surface area contributed by atoms with Gasteiger partial charge in [-0.15, -0.1) is 0 Å². The summed E-state index contributed by atoms with van der Waals surface area (Å²) in [6.07, 6.45) is -1.09.